The van der Waals surface area contributed by atoms with Crippen LogP contribution in [0.4, 0.5) is 0 Å². The van der Waals surface area contributed by atoms with Gasteiger partial charge in [-0.25, -0.2) is 0 Å². The number of carbonyl (C=O) groups is 1. The van der Waals surface area contributed by atoms with Crippen molar-refractivity contribution in [3.8, 4) is 0 Å². The SMILES string of the molecule is CC(C)(C)OC(=O)C[C@H]1C[C@H](CCN)OC(C)(C)O1. The monoisotopic (exact) mass is 273 g/mol. The third-order valence-electron chi connectivity index (χ3n) is 2.73. The molecule has 1 aliphatic rings. The van der Waals surface area contributed by atoms with E-state index < -0.39 is 11.4 Å². The Balaban J connectivity index is 2.54. The second-order valence-electron chi connectivity index (χ2n) is 6.48. The molecule has 0 radical (unpaired) electrons. The van der Waals surface area contributed by atoms with Gasteiger partial charge >= 0.3 is 5.97 Å². The third kappa shape index (κ3) is 6.36. The van der Waals surface area contributed by atoms with Gasteiger partial charge < -0.3 is 19.9 Å². The van der Waals surface area contributed by atoms with E-state index in [0.717, 1.165) is 6.42 Å². The lowest BCUT2D eigenvalue weighted by Gasteiger charge is -2.40. The molecule has 5 heteroatoms. The summed E-state index contributed by atoms with van der Waals surface area (Å²) >= 11 is 0. The molecule has 0 aromatic carbocycles. The molecule has 0 bridgehead atoms. The van der Waals surface area contributed by atoms with Gasteiger partial charge in [-0.2, -0.15) is 0 Å². The first-order chi connectivity index (χ1) is 8.61. The van der Waals surface area contributed by atoms with Gasteiger partial charge in [-0.3, -0.25) is 4.79 Å². The van der Waals surface area contributed by atoms with E-state index >= 15 is 0 Å². The van der Waals surface area contributed by atoms with Crippen LogP contribution in [0.3, 0.4) is 0 Å². The molecule has 0 saturated carbocycles. The number of nitrogens with two attached hydrogens (primary N) is 1. The lowest BCUT2D eigenvalue weighted by atomic mass is 10.0. The highest BCUT2D eigenvalue weighted by molar-refractivity contribution is 5.70. The summed E-state index contributed by atoms with van der Waals surface area (Å²) in [4.78, 5) is 11.8. The average Bonchev–Trinajstić information content (AvgIpc) is 2.10. The van der Waals surface area contributed by atoms with E-state index in [9.17, 15) is 4.79 Å². The van der Waals surface area contributed by atoms with Crippen molar-refractivity contribution in [1.29, 1.82) is 0 Å². The van der Waals surface area contributed by atoms with Gasteiger partial charge in [0.25, 0.3) is 0 Å². The van der Waals surface area contributed by atoms with Crippen LogP contribution in [0.2, 0.25) is 0 Å². The Labute approximate surface area is 115 Å². The molecule has 0 spiro atoms. The van der Waals surface area contributed by atoms with Crippen LogP contribution in [0.25, 0.3) is 0 Å². The maximum Gasteiger partial charge on any atom is 0.308 e. The van der Waals surface area contributed by atoms with Gasteiger partial charge in [-0.1, -0.05) is 0 Å². The predicted molar refractivity (Wildman–Crippen MR) is 72.6 cm³/mol. The second-order valence-corrected chi connectivity index (χ2v) is 6.48. The number of rotatable bonds is 4. The molecule has 0 amide bonds. The van der Waals surface area contributed by atoms with Crippen LogP contribution in [-0.2, 0) is 19.0 Å². The minimum atomic E-state index is -0.676. The van der Waals surface area contributed by atoms with Crippen molar-refractivity contribution in [2.24, 2.45) is 5.73 Å². The summed E-state index contributed by atoms with van der Waals surface area (Å²) in [5, 5.41) is 0. The Bertz CT molecular complexity index is 309. The van der Waals surface area contributed by atoms with Gasteiger partial charge in [-0.15, -0.1) is 0 Å². The molecule has 1 aliphatic heterocycles. The third-order valence-corrected chi connectivity index (χ3v) is 2.73. The van der Waals surface area contributed by atoms with Gasteiger partial charge in [0, 0.05) is 6.42 Å². The van der Waals surface area contributed by atoms with Gasteiger partial charge in [0.15, 0.2) is 5.79 Å². The highest BCUT2D eigenvalue weighted by Crippen LogP contribution is 2.30. The molecule has 19 heavy (non-hydrogen) atoms. The highest BCUT2D eigenvalue weighted by Gasteiger charge is 2.36. The van der Waals surface area contributed by atoms with E-state index in [1.54, 1.807) is 0 Å². The number of esters is 1. The Kier molecular flexibility index (Phi) is 5.35. The maximum absolute atomic E-state index is 11.8. The maximum atomic E-state index is 11.8. The standard InChI is InChI=1S/C14H27NO4/c1-13(2,3)19-12(16)9-11-8-10(6-7-15)17-14(4,5)18-11/h10-11H,6-9,15H2,1-5H3/t10-,11+/m0/s1. The summed E-state index contributed by atoms with van der Waals surface area (Å²) in [6.45, 7) is 9.86. The molecule has 1 fully saturated rings. The molecule has 1 heterocycles. The van der Waals surface area contributed by atoms with Crippen LogP contribution in [0.5, 0.6) is 0 Å². The number of hydrogen-bond acceptors (Lipinski definition) is 5. The average molecular weight is 273 g/mol. The molecule has 1 rings (SSSR count). The van der Waals surface area contributed by atoms with Gasteiger partial charge in [-0.05, 0) is 47.6 Å². The van der Waals surface area contributed by atoms with Crippen LogP contribution in [0.15, 0.2) is 0 Å². The van der Waals surface area contributed by atoms with Crippen LogP contribution in [0.1, 0.15) is 53.9 Å². The van der Waals surface area contributed by atoms with Crippen molar-refractivity contribution >= 4 is 5.97 Å². The molecule has 0 aromatic rings. The zero-order chi connectivity index (χ0) is 14.7. The minimum Gasteiger partial charge on any atom is -0.460 e. The molecule has 0 aliphatic carbocycles. The van der Waals surface area contributed by atoms with Crippen molar-refractivity contribution in [2.75, 3.05) is 6.54 Å². The molecule has 5 nitrogen and oxygen atoms in total. The summed E-state index contributed by atoms with van der Waals surface area (Å²) in [6, 6.07) is 0. The largest absolute Gasteiger partial charge is 0.460 e. The molecule has 2 N–H and O–H groups in total. The van der Waals surface area contributed by atoms with Gasteiger partial charge in [0.1, 0.15) is 5.60 Å². The summed E-state index contributed by atoms with van der Waals surface area (Å²) < 4.78 is 16.9. The zero-order valence-electron chi connectivity index (χ0n) is 12.7. The fourth-order valence-corrected chi connectivity index (χ4v) is 2.28. The molecule has 0 unspecified atom stereocenters. The number of ether oxygens (including phenoxy) is 3. The van der Waals surface area contributed by atoms with E-state index in [4.69, 9.17) is 19.9 Å². The van der Waals surface area contributed by atoms with Gasteiger partial charge in [0.2, 0.25) is 0 Å². The normalized spacial score (nSPS) is 27.1. The molecule has 2 atom stereocenters. The lowest BCUT2D eigenvalue weighted by Crippen LogP contribution is -2.46. The fourth-order valence-electron chi connectivity index (χ4n) is 2.28. The Morgan fingerprint density at radius 1 is 1.32 bits per heavy atom. The Morgan fingerprint density at radius 2 is 1.89 bits per heavy atom. The first kappa shape index (κ1) is 16.4. The topological polar surface area (TPSA) is 70.8 Å². The van der Waals surface area contributed by atoms with E-state index in [0.29, 0.717) is 13.0 Å². The van der Waals surface area contributed by atoms with Crippen LogP contribution in [0, 0.1) is 0 Å². The molecule has 0 aromatic heterocycles. The fraction of sp³-hybridized carbons (Fsp3) is 0.929. The first-order valence-corrected chi connectivity index (χ1v) is 6.89. The molecule has 1 saturated heterocycles. The predicted octanol–water partition coefficient (Wildman–Crippen LogP) is 1.98. The Morgan fingerprint density at radius 3 is 2.42 bits per heavy atom. The summed E-state index contributed by atoms with van der Waals surface area (Å²) in [6.07, 6.45) is 1.58. The summed E-state index contributed by atoms with van der Waals surface area (Å²) in [5.74, 6) is -0.910. The van der Waals surface area contributed by atoms with Crippen molar-refractivity contribution in [2.45, 2.75) is 77.5 Å². The van der Waals surface area contributed by atoms with Crippen molar-refractivity contribution < 1.29 is 19.0 Å². The second kappa shape index (κ2) is 6.20. The van der Waals surface area contributed by atoms with E-state index in [-0.39, 0.29) is 24.6 Å². The first-order valence-electron chi connectivity index (χ1n) is 6.89. The van der Waals surface area contributed by atoms with Crippen LogP contribution >= 0.6 is 0 Å². The molecule has 112 valence electrons. The summed E-state index contributed by atoms with van der Waals surface area (Å²) in [5.41, 5.74) is 5.10. The highest BCUT2D eigenvalue weighted by atomic mass is 16.7. The molecular weight excluding hydrogens is 246 g/mol. The quantitative estimate of drug-likeness (QED) is 0.793. The molecular formula is C14H27NO4. The van der Waals surface area contributed by atoms with Gasteiger partial charge in [0.05, 0.1) is 18.6 Å². The van der Waals surface area contributed by atoms with Crippen molar-refractivity contribution in [1.82, 2.24) is 0 Å². The van der Waals surface area contributed by atoms with Crippen LogP contribution in [-0.4, -0.2) is 36.1 Å². The van der Waals surface area contributed by atoms with E-state index in [1.807, 2.05) is 34.6 Å². The number of hydrogen-bond donors (Lipinski definition) is 1. The zero-order valence-corrected chi connectivity index (χ0v) is 12.7. The van der Waals surface area contributed by atoms with Crippen LogP contribution < -0.4 is 5.73 Å². The van der Waals surface area contributed by atoms with E-state index in [1.165, 1.54) is 0 Å². The minimum absolute atomic E-state index is 0.0428. The lowest BCUT2D eigenvalue weighted by molar-refractivity contribution is -0.300. The van der Waals surface area contributed by atoms with E-state index in [2.05, 4.69) is 0 Å². The van der Waals surface area contributed by atoms with Crippen molar-refractivity contribution in [3.63, 3.8) is 0 Å². The van der Waals surface area contributed by atoms with Crippen molar-refractivity contribution in [3.05, 3.63) is 0 Å². The summed E-state index contributed by atoms with van der Waals surface area (Å²) in [7, 11) is 0. The smallest absolute Gasteiger partial charge is 0.308 e. The Hall–Kier alpha value is -0.650. The number of carbonyl (C=O) groups excluding carboxylic acids is 1.